The molecular weight excluding hydrogens is 202 g/mol. The van der Waals surface area contributed by atoms with Crippen molar-refractivity contribution in [2.45, 2.75) is 40.2 Å². The number of carbonyl (C=O) groups is 1. The second kappa shape index (κ2) is 5.85. The molecule has 0 N–H and O–H groups in total. The minimum atomic E-state index is 0.759. The summed E-state index contributed by atoms with van der Waals surface area (Å²) < 4.78 is 7.27. The number of hydrogen-bond acceptors (Lipinski definition) is 2. The number of carbonyl (C=O) groups excluding carboxylic acids is 1. The van der Waals surface area contributed by atoms with Gasteiger partial charge in [-0.1, -0.05) is 6.92 Å². The lowest BCUT2D eigenvalue weighted by atomic mass is 10.1. The number of methoxy groups -OCH3 is 1. The van der Waals surface area contributed by atoms with Crippen LogP contribution in [0, 0.1) is 13.8 Å². The molecule has 0 aliphatic rings. The Kier molecular flexibility index (Phi) is 4.74. The number of rotatable bonds is 6. The van der Waals surface area contributed by atoms with Crippen molar-refractivity contribution in [1.82, 2.24) is 4.57 Å². The number of aromatic nitrogens is 1. The Balaban J connectivity index is 2.99. The summed E-state index contributed by atoms with van der Waals surface area (Å²) in [5, 5.41) is 0. The second-order valence-corrected chi connectivity index (χ2v) is 4.03. The van der Waals surface area contributed by atoms with Crippen LogP contribution in [-0.2, 0) is 17.7 Å². The smallest absolute Gasteiger partial charge is 0.152 e. The lowest BCUT2D eigenvalue weighted by Crippen LogP contribution is -2.05. The van der Waals surface area contributed by atoms with E-state index in [1.807, 2.05) is 6.92 Å². The van der Waals surface area contributed by atoms with Crippen LogP contribution >= 0.6 is 0 Å². The number of aldehydes is 1. The van der Waals surface area contributed by atoms with Gasteiger partial charge in [-0.3, -0.25) is 4.79 Å². The highest BCUT2D eigenvalue weighted by Crippen LogP contribution is 2.21. The largest absolute Gasteiger partial charge is 0.385 e. The Bertz CT molecular complexity index is 366. The van der Waals surface area contributed by atoms with Gasteiger partial charge in [-0.15, -0.1) is 0 Å². The van der Waals surface area contributed by atoms with Crippen LogP contribution in [0.3, 0.4) is 0 Å². The fourth-order valence-electron chi connectivity index (χ4n) is 2.28. The molecule has 0 spiro atoms. The van der Waals surface area contributed by atoms with Gasteiger partial charge in [0.05, 0.1) is 0 Å². The zero-order valence-electron chi connectivity index (χ0n) is 10.7. The molecule has 0 aromatic carbocycles. The van der Waals surface area contributed by atoms with Crippen LogP contribution in [0.5, 0.6) is 0 Å². The highest BCUT2D eigenvalue weighted by atomic mass is 16.5. The molecule has 0 atom stereocenters. The molecule has 0 radical (unpaired) electrons. The van der Waals surface area contributed by atoms with Crippen LogP contribution in [0.4, 0.5) is 0 Å². The molecule has 1 rings (SSSR count). The molecule has 0 saturated carbocycles. The van der Waals surface area contributed by atoms with Crippen LogP contribution in [0.2, 0.25) is 0 Å². The van der Waals surface area contributed by atoms with E-state index < -0.39 is 0 Å². The Morgan fingerprint density at radius 2 is 2.00 bits per heavy atom. The average Bonchev–Trinajstić information content (AvgIpc) is 2.52. The molecule has 0 aliphatic heterocycles. The molecule has 1 aromatic rings. The zero-order valence-corrected chi connectivity index (χ0v) is 10.7. The Morgan fingerprint density at radius 1 is 1.31 bits per heavy atom. The summed E-state index contributed by atoms with van der Waals surface area (Å²) in [4.78, 5) is 11.1. The fraction of sp³-hybridized carbons (Fsp3) is 0.615. The molecule has 0 bridgehead atoms. The summed E-state index contributed by atoms with van der Waals surface area (Å²) in [5.41, 5.74) is 4.36. The predicted octanol–water partition coefficient (Wildman–Crippen LogP) is 2.52. The van der Waals surface area contributed by atoms with Crippen LogP contribution in [0.15, 0.2) is 0 Å². The maximum Gasteiger partial charge on any atom is 0.152 e. The van der Waals surface area contributed by atoms with E-state index >= 15 is 0 Å². The summed E-state index contributed by atoms with van der Waals surface area (Å²) in [6, 6.07) is 0. The monoisotopic (exact) mass is 223 g/mol. The van der Waals surface area contributed by atoms with Crippen molar-refractivity contribution in [3.63, 3.8) is 0 Å². The first-order valence-corrected chi connectivity index (χ1v) is 5.80. The van der Waals surface area contributed by atoms with Crippen LogP contribution in [0.1, 0.15) is 40.7 Å². The first-order chi connectivity index (χ1) is 7.67. The van der Waals surface area contributed by atoms with E-state index in [1.165, 1.54) is 11.3 Å². The first-order valence-electron chi connectivity index (χ1n) is 5.80. The third-order valence-corrected chi connectivity index (χ3v) is 3.16. The van der Waals surface area contributed by atoms with Crippen molar-refractivity contribution in [3.05, 3.63) is 22.5 Å². The van der Waals surface area contributed by atoms with Gasteiger partial charge < -0.3 is 9.30 Å². The van der Waals surface area contributed by atoms with Gasteiger partial charge in [-0.25, -0.2) is 0 Å². The first kappa shape index (κ1) is 13.0. The summed E-state index contributed by atoms with van der Waals surface area (Å²) in [6.45, 7) is 7.88. The Morgan fingerprint density at radius 3 is 2.44 bits per heavy atom. The molecule has 1 heterocycles. The molecule has 1 aromatic heterocycles. The molecule has 16 heavy (non-hydrogen) atoms. The standard InChI is InChI=1S/C13H21NO2/c1-5-12-10(2)14(7-6-8-16-4)11(3)13(12)9-15/h9H,5-8H2,1-4H3. The van der Waals surface area contributed by atoms with Crippen molar-refractivity contribution < 1.29 is 9.53 Å². The molecule has 0 unspecified atom stereocenters. The molecule has 3 nitrogen and oxygen atoms in total. The van der Waals surface area contributed by atoms with Gasteiger partial charge in [0.2, 0.25) is 0 Å². The summed E-state index contributed by atoms with van der Waals surface area (Å²) in [6.07, 6.45) is 2.88. The number of ether oxygens (including phenoxy) is 1. The fourth-order valence-corrected chi connectivity index (χ4v) is 2.28. The van der Waals surface area contributed by atoms with Gasteiger partial charge in [0.15, 0.2) is 6.29 Å². The average molecular weight is 223 g/mol. The maximum absolute atomic E-state index is 11.1. The van der Waals surface area contributed by atoms with E-state index in [0.29, 0.717) is 0 Å². The van der Waals surface area contributed by atoms with E-state index in [2.05, 4.69) is 18.4 Å². The minimum Gasteiger partial charge on any atom is -0.385 e. The minimum absolute atomic E-state index is 0.759. The summed E-state index contributed by atoms with van der Waals surface area (Å²) >= 11 is 0. The quantitative estimate of drug-likeness (QED) is 0.548. The van der Waals surface area contributed by atoms with Crippen LogP contribution in [0.25, 0.3) is 0 Å². The van der Waals surface area contributed by atoms with Crippen LogP contribution < -0.4 is 0 Å². The van der Waals surface area contributed by atoms with Crippen molar-refractivity contribution in [2.75, 3.05) is 13.7 Å². The normalized spacial score (nSPS) is 10.8. The third kappa shape index (κ3) is 2.35. The molecule has 0 fully saturated rings. The van der Waals surface area contributed by atoms with Gasteiger partial charge in [0, 0.05) is 37.2 Å². The zero-order chi connectivity index (χ0) is 12.1. The lowest BCUT2D eigenvalue weighted by Gasteiger charge is -2.09. The van der Waals surface area contributed by atoms with Gasteiger partial charge in [0.25, 0.3) is 0 Å². The predicted molar refractivity (Wildman–Crippen MR) is 65.2 cm³/mol. The van der Waals surface area contributed by atoms with Gasteiger partial charge in [-0.2, -0.15) is 0 Å². The van der Waals surface area contributed by atoms with E-state index in [1.54, 1.807) is 7.11 Å². The second-order valence-electron chi connectivity index (χ2n) is 4.03. The van der Waals surface area contributed by atoms with Gasteiger partial charge >= 0.3 is 0 Å². The van der Waals surface area contributed by atoms with Crippen molar-refractivity contribution in [1.29, 1.82) is 0 Å². The molecule has 0 aliphatic carbocycles. The van der Waals surface area contributed by atoms with Crippen molar-refractivity contribution in [3.8, 4) is 0 Å². The molecule has 0 amide bonds. The number of hydrogen-bond donors (Lipinski definition) is 0. The highest BCUT2D eigenvalue weighted by Gasteiger charge is 2.14. The van der Waals surface area contributed by atoms with Crippen LogP contribution in [-0.4, -0.2) is 24.6 Å². The van der Waals surface area contributed by atoms with E-state index in [9.17, 15) is 4.79 Å². The lowest BCUT2D eigenvalue weighted by molar-refractivity contribution is 0.112. The van der Waals surface area contributed by atoms with Gasteiger partial charge in [-0.05, 0) is 32.3 Å². The van der Waals surface area contributed by atoms with Crippen molar-refractivity contribution >= 4 is 6.29 Å². The Hall–Kier alpha value is -1.09. The molecule has 3 heteroatoms. The third-order valence-electron chi connectivity index (χ3n) is 3.16. The summed E-state index contributed by atoms with van der Waals surface area (Å²) in [7, 11) is 1.71. The van der Waals surface area contributed by atoms with E-state index in [0.717, 1.165) is 43.5 Å². The molecule has 90 valence electrons. The van der Waals surface area contributed by atoms with E-state index in [4.69, 9.17) is 4.74 Å². The van der Waals surface area contributed by atoms with E-state index in [-0.39, 0.29) is 0 Å². The number of nitrogens with zero attached hydrogens (tertiary/aromatic N) is 1. The Labute approximate surface area is 97.4 Å². The summed E-state index contributed by atoms with van der Waals surface area (Å²) in [5.74, 6) is 0. The molecule has 0 saturated heterocycles. The SMILES string of the molecule is CCc1c(C=O)c(C)n(CCCOC)c1C. The maximum atomic E-state index is 11.1. The topological polar surface area (TPSA) is 31.2 Å². The van der Waals surface area contributed by atoms with Crippen molar-refractivity contribution in [2.24, 2.45) is 0 Å². The highest BCUT2D eigenvalue weighted by molar-refractivity contribution is 5.80. The molecular formula is C13H21NO2. The van der Waals surface area contributed by atoms with Gasteiger partial charge in [0.1, 0.15) is 0 Å².